The predicted molar refractivity (Wildman–Crippen MR) is 72.8 cm³/mol. The maximum atomic E-state index is 11.6. The zero-order valence-corrected chi connectivity index (χ0v) is 10.8. The normalized spacial score (nSPS) is 11.3. The smallest absolute Gasteiger partial charge is 0.264 e. The average molecular weight is 274 g/mol. The largest absolute Gasteiger partial charge is 0.496 e. The highest BCUT2D eigenvalue weighted by molar-refractivity contribution is 6.11. The number of benzene rings is 2. The molecule has 6 heteroatoms. The van der Waals surface area contributed by atoms with Gasteiger partial charge in [0, 0.05) is 0 Å². The molecule has 6 nitrogen and oxygen atoms in total. The molecule has 0 aliphatic rings. The molecule has 5 N–H and O–H groups in total. The van der Waals surface area contributed by atoms with Gasteiger partial charge >= 0.3 is 0 Å². The molecule has 20 heavy (non-hydrogen) atoms. The molecular weight excluding hydrogens is 260 g/mol. The first kappa shape index (κ1) is 13.8. The Labute approximate surface area is 114 Å². The van der Waals surface area contributed by atoms with Crippen LogP contribution in [0.2, 0.25) is 0 Å². The summed E-state index contributed by atoms with van der Waals surface area (Å²) in [6, 6.07) is 10.2. The summed E-state index contributed by atoms with van der Waals surface area (Å²) in [7, 11) is 1.36. The highest BCUT2D eigenvalue weighted by atomic mass is 16.5. The van der Waals surface area contributed by atoms with Gasteiger partial charge in [0.25, 0.3) is 17.4 Å². The van der Waals surface area contributed by atoms with Gasteiger partial charge in [-0.25, -0.2) is 0 Å². The third kappa shape index (κ3) is 1.86. The number of hydrogen-bond donors (Lipinski definition) is 3. The summed E-state index contributed by atoms with van der Waals surface area (Å²) in [5, 5.41) is 11.6. The number of ether oxygens (including phenoxy) is 1. The van der Waals surface area contributed by atoms with Gasteiger partial charge in [-0.15, -0.1) is 0 Å². The molecule has 2 amide bonds. The fourth-order valence-corrected chi connectivity index (χ4v) is 2.16. The summed E-state index contributed by atoms with van der Waals surface area (Å²) in [6.45, 7) is 0. The number of aliphatic hydroxyl groups is 1. The van der Waals surface area contributed by atoms with Crippen LogP contribution in [-0.2, 0) is 15.2 Å². The molecule has 0 radical (unpaired) electrons. The van der Waals surface area contributed by atoms with Crippen molar-refractivity contribution in [2.45, 2.75) is 5.60 Å². The molecule has 0 spiro atoms. The molecule has 0 atom stereocenters. The van der Waals surface area contributed by atoms with Crippen LogP contribution in [0.25, 0.3) is 10.8 Å². The van der Waals surface area contributed by atoms with Gasteiger partial charge in [-0.05, 0) is 16.8 Å². The molecule has 0 saturated carbocycles. The van der Waals surface area contributed by atoms with Crippen molar-refractivity contribution in [1.82, 2.24) is 0 Å². The Morgan fingerprint density at radius 1 is 1.10 bits per heavy atom. The van der Waals surface area contributed by atoms with Gasteiger partial charge in [-0.2, -0.15) is 0 Å². The monoisotopic (exact) mass is 274 g/mol. The second-order valence-electron chi connectivity index (χ2n) is 4.30. The Balaban J connectivity index is 2.93. The topological polar surface area (TPSA) is 116 Å². The van der Waals surface area contributed by atoms with E-state index in [9.17, 15) is 14.7 Å². The van der Waals surface area contributed by atoms with E-state index in [0.717, 1.165) is 0 Å². The van der Waals surface area contributed by atoms with E-state index in [1.807, 2.05) is 0 Å². The van der Waals surface area contributed by atoms with Crippen LogP contribution in [0, 0.1) is 0 Å². The Kier molecular flexibility index (Phi) is 3.33. The van der Waals surface area contributed by atoms with Crippen molar-refractivity contribution in [3.63, 3.8) is 0 Å². The van der Waals surface area contributed by atoms with E-state index in [0.29, 0.717) is 10.8 Å². The first-order valence-electron chi connectivity index (χ1n) is 5.81. The number of carbonyl (C=O) groups excluding carboxylic acids is 2. The lowest BCUT2D eigenvalue weighted by molar-refractivity contribution is -0.150. The summed E-state index contributed by atoms with van der Waals surface area (Å²) in [4.78, 5) is 23.2. The zero-order valence-electron chi connectivity index (χ0n) is 10.8. The van der Waals surface area contributed by atoms with E-state index in [4.69, 9.17) is 16.2 Å². The van der Waals surface area contributed by atoms with Crippen molar-refractivity contribution in [2.24, 2.45) is 11.5 Å². The highest BCUT2D eigenvalue weighted by Crippen LogP contribution is 2.36. The van der Waals surface area contributed by atoms with Crippen LogP contribution in [0.5, 0.6) is 5.75 Å². The molecule has 0 aromatic heterocycles. The summed E-state index contributed by atoms with van der Waals surface area (Å²) in [5.74, 6) is -2.34. The Morgan fingerprint density at radius 2 is 1.70 bits per heavy atom. The minimum Gasteiger partial charge on any atom is -0.496 e. The van der Waals surface area contributed by atoms with Gasteiger partial charge in [-0.3, -0.25) is 9.59 Å². The molecular formula is C14H14N2O4. The lowest BCUT2D eigenvalue weighted by Gasteiger charge is -2.25. The highest BCUT2D eigenvalue weighted by Gasteiger charge is 2.46. The van der Waals surface area contributed by atoms with Crippen LogP contribution >= 0.6 is 0 Å². The quantitative estimate of drug-likeness (QED) is 0.681. The maximum absolute atomic E-state index is 11.6. The fraction of sp³-hybridized carbons (Fsp3) is 0.143. The molecule has 2 aromatic rings. The minimum absolute atomic E-state index is 0.0434. The fourth-order valence-electron chi connectivity index (χ4n) is 2.16. The van der Waals surface area contributed by atoms with Crippen molar-refractivity contribution in [3.05, 3.63) is 42.0 Å². The van der Waals surface area contributed by atoms with Crippen LogP contribution in [0.4, 0.5) is 0 Å². The molecule has 0 heterocycles. The summed E-state index contributed by atoms with van der Waals surface area (Å²) >= 11 is 0. The van der Waals surface area contributed by atoms with Crippen LogP contribution in [0.3, 0.4) is 0 Å². The van der Waals surface area contributed by atoms with E-state index in [-0.39, 0.29) is 11.3 Å². The molecule has 0 unspecified atom stereocenters. The lowest BCUT2D eigenvalue weighted by Crippen LogP contribution is -2.51. The van der Waals surface area contributed by atoms with Gasteiger partial charge in [0.15, 0.2) is 0 Å². The Bertz CT molecular complexity index is 683. The maximum Gasteiger partial charge on any atom is 0.264 e. The van der Waals surface area contributed by atoms with Gasteiger partial charge in [0.2, 0.25) is 0 Å². The Hall–Kier alpha value is -2.60. The minimum atomic E-state index is -2.63. The van der Waals surface area contributed by atoms with E-state index < -0.39 is 17.4 Å². The standard InChI is InChI=1S/C14H14N2O4/c1-20-10-7-6-8-4-2-3-5-9(8)11(10)14(19,12(15)17)13(16)18/h2-7,19H,1H3,(H2,15,17)(H2,16,18). The number of fused-ring (bicyclic) bond motifs is 1. The van der Waals surface area contributed by atoms with Crippen LogP contribution in [0.15, 0.2) is 36.4 Å². The molecule has 104 valence electrons. The van der Waals surface area contributed by atoms with Crippen LogP contribution in [-0.4, -0.2) is 24.0 Å². The SMILES string of the molecule is COc1ccc2ccccc2c1C(O)(C(N)=O)C(N)=O. The number of hydrogen-bond acceptors (Lipinski definition) is 4. The summed E-state index contributed by atoms with van der Waals surface area (Å²) in [6.07, 6.45) is 0. The second-order valence-corrected chi connectivity index (χ2v) is 4.30. The van der Waals surface area contributed by atoms with Gasteiger partial charge < -0.3 is 21.3 Å². The molecule has 0 fully saturated rings. The van der Waals surface area contributed by atoms with Gasteiger partial charge in [-0.1, -0.05) is 30.3 Å². The third-order valence-corrected chi connectivity index (χ3v) is 3.19. The van der Waals surface area contributed by atoms with Crippen molar-refractivity contribution >= 4 is 22.6 Å². The number of nitrogens with two attached hydrogens (primary N) is 2. The first-order chi connectivity index (χ1) is 9.42. The van der Waals surface area contributed by atoms with E-state index >= 15 is 0 Å². The average Bonchev–Trinajstić information content (AvgIpc) is 2.44. The second kappa shape index (κ2) is 4.82. The summed E-state index contributed by atoms with van der Waals surface area (Å²) in [5.41, 5.74) is 7.67. The number of primary amides is 2. The number of methoxy groups -OCH3 is 1. The number of amides is 2. The van der Waals surface area contributed by atoms with Crippen LogP contribution in [0.1, 0.15) is 5.56 Å². The van der Waals surface area contributed by atoms with Crippen molar-refractivity contribution < 1.29 is 19.4 Å². The lowest BCUT2D eigenvalue weighted by atomic mass is 9.87. The number of rotatable bonds is 4. The van der Waals surface area contributed by atoms with Crippen molar-refractivity contribution in [2.75, 3.05) is 7.11 Å². The molecule has 0 saturated heterocycles. The van der Waals surface area contributed by atoms with E-state index in [2.05, 4.69) is 0 Å². The van der Waals surface area contributed by atoms with E-state index in [1.54, 1.807) is 30.3 Å². The number of carbonyl (C=O) groups is 2. The molecule has 2 aromatic carbocycles. The molecule has 0 aliphatic carbocycles. The summed E-state index contributed by atoms with van der Waals surface area (Å²) < 4.78 is 5.12. The van der Waals surface area contributed by atoms with Gasteiger partial charge in [0.05, 0.1) is 12.7 Å². The van der Waals surface area contributed by atoms with E-state index in [1.165, 1.54) is 13.2 Å². The Morgan fingerprint density at radius 3 is 2.25 bits per heavy atom. The molecule has 2 rings (SSSR count). The predicted octanol–water partition coefficient (Wildman–Crippen LogP) is 0.00660. The van der Waals surface area contributed by atoms with Crippen molar-refractivity contribution in [3.8, 4) is 5.75 Å². The third-order valence-electron chi connectivity index (χ3n) is 3.19. The van der Waals surface area contributed by atoms with Crippen LogP contribution < -0.4 is 16.2 Å². The van der Waals surface area contributed by atoms with Gasteiger partial charge in [0.1, 0.15) is 5.75 Å². The molecule has 0 bridgehead atoms. The zero-order chi connectivity index (χ0) is 14.9. The molecule has 0 aliphatic heterocycles. The first-order valence-corrected chi connectivity index (χ1v) is 5.81. The van der Waals surface area contributed by atoms with Crippen molar-refractivity contribution in [1.29, 1.82) is 0 Å².